The first-order chi connectivity index (χ1) is 14.9. The van der Waals surface area contributed by atoms with Crippen LogP contribution in [0.15, 0.2) is 24.3 Å². The Morgan fingerprint density at radius 1 is 1.25 bits per heavy atom. The van der Waals surface area contributed by atoms with Crippen molar-refractivity contribution in [1.82, 2.24) is 9.96 Å². The molecule has 0 fully saturated rings. The van der Waals surface area contributed by atoms with E-state index in [0.29, 0.717) is 23.7 Å². The summed E-state index contributed by atoms with van der Waals surface area (Å²) in [6.07, 6.45) is 5.40. The van der Waals surface area contributed by atoms with Crippen LogP contribution in [-0.4, -0.2) is 61.1 Å². The highest BCUT2D eigenvalue weighted by Crippen LogP contribution is 2.39. The summed E-state index contributed by atoms with van der Waals surface area (Å²) in [4.78, 5) is 23.6. The largest absolute Gasteiger partial charge is 0.504 e. The summed E-state index contributed by atoms with van der Waals surface area (Å²) in [6.45, 7) is 3.82. The Labute approximate surface area is 184 Å². The molecule has 0 saturated carbocycles. The molecule has 3 rings (SSSR count). The zero-order valence-corrected chi connectivity index (χ0v) is 17.8. The molecule has 32 heavy (non-hydrogen) atoms. The first-order valence-electron chi connectivity index (χ1n) is 9.23. The lowest BCUT2D eigenvalue weighted by atomic mass is 10.0. The maximum absolute atomic E-state index is 13.3. The number of aliphatic carboxylic acids is 1. The topological polar surface area (TPSA) is 142 Å². The average Bonchev–Trinajstić information content (AvgIpc) is 3.00. The highest BCUT2D eigenvalue weighted by molar-refractivity contribution is 6.02. The minimum atomic E-state index is -1.04. The Bertz CT molecular complexity index is 1030. The lowest BCUT2D eigenvalue weighted by molar-refractivity contribution is -0.148. The van der Waals surface area contributed by atoms with Crippen LogP contribution in [0, 0.1) is 32.2 Å². The molecular formula is C22H25FN2O7. The van der Waals surface area contributed by atoms with Crippen LogP contribution >= 0.6 is 0 Å². The summed E-state index contributed by atoms with van der Waals surface area (Å²) in [7, 11) is 1.27. The molecule has 0 aromatic heterocycles. The molecule has 0 atom stereocenters. The molecule has 2 aromatic rings. The van der Waals surface area contributed by atoms with Gasteiger partial charge in [0, 0.05) is 20.1 Å². The number of carbonyl (C=O) groups excluding carboxylic acids is 1. The molecule has 0 bridgehead atoms. The Hall–Kier alpha value is -3.81. The normalized spacial score (nSPS) is 11.7. The number of benzene rings is 2. The van der Waals surface area contributed by atoms with Crippen LogP contribution in [0.1, 0.15) is 32.6 Å². The maximum atomic E-state index is 13.3. The Balaban J connectivity index is 0.000000433. The van der Waals surface area contributed by atoms with Crippen LogP contribution in [0.4, 0.5) is 4.39 Å². The van der Waals surface area contributed by atoms with Gasteiger partial charge in [0.2, 0.25) is 0 Å². The number of carboxylic acids is 1. The molecular weight excluding hydrogens is 423 g/mol. The second-order valence-electron chi connectivity index (χ2n) is 7.00. The Morgan fingerprint density at radius 3 is 2.31 bits per heavy atom. The van der Waals surface area contributed by atoms with Crippen molar-refractivity contribution in [3.8, 4) is 24.0 Å². The maximum Gasteiger partial charge on any atom is 0.320 e. The van der Waals surface area contributed by atoms with Crippen molar-refractivity contribution in [2.45, 2.75) is 26.9 Å². The zero-order valence-electron chi connectivity index (χ0n) is 17.8. The fraction of sp³-hybridized carbons (Fsp3) is 0.273. The number of nitrogens with zero attached hydrogens (tertiary/aromatic N) is 2. The number of terminal acetylenes is 1. The molecule has 1 heterocycles. The van der Waals surface area contributed by atoms with Gasteiger partial charge in [0.05, 0.1) is 5.56 Å². The van der Waals surface area contributed by atoms with E-state index in [1.807, 2.05) is 0 Å². The van der Waals surface area contributed by atoms with E-state index in [1.165, 1.54) is 25.3 Å². The number of hydroxylamine groups is 2. The molecule has 10 heteroatoms. The second kappa shape index (κ2) is 11.5. The van der Waals surface area contributed by atoms with Gasteiger partial charge in [-0.2, -0.15) is 5.06 Å². The number of halogens is 1. The summed E-state index contributed by atoms with van der Waals surface area (Å²) in [5.41, 5.74) is 2.99. The molecule has 0 spiro atoms. The van der Waals surface area contributed by atoms with Crippen molar-refractivity contribution in [2.75, 3.05) is 13.6 Å². The van der Waals surface area contributed by atoms with Crippen LogP contribution < -0.4 is 0 Å². The number of phenolic OH excluding ortho intramolecular Hbond substituents is 2. The van der Waals surface area contributed by atoms with Gasteiger partial charge in [-0.15, -0.1) is 0 Å². The number of carbonyl (C=O) groups is 2. The summed E-state index contributed by atoms with van der Waals surface area (Å²) < 4.78 is 13.3. The van der Waals surface area contributed by atoms with Crippen molar-refractivity contribution in [2.24, 2.45) is 0 Å². The summed E-state index contributed by atoms with van der Waals surface area (Å²) in [5, 5.41) is 43.3. The van der Waals surface area contributed by atoms with Gasteiger partial charge in [-0.1, -0.05) is 18.6 Å². The van der Waals surface area contributed by atoms with Gasteiger partial charge in [-0.3, -0.25) is 9.59 Å². The number of amides is 1. The molecule has 0 radical (unpaired) electrons. The molecule has 0 unspecified atom stereocenters. The number of aliphatic hydroxyl groups excluding tert-OH is 1. The number of phenols is 2. The van der Waals surface area contributed by atoms with Gasteiger partial charge in [0.1, 0.15) is 18.5 Å². The fourth-order valence-electron chi connectivity index (χ4n) is 3.03. The number of aryl methyl sites for hydroxylation is 2. The van der Waals surface area contributed by atoms with Gasteiger partial charge >= 0.3 is 5.97 Å². The Morgan fingerprint density at radius 2 is 1.84 bits per heavy atom. The molecule has 0 aliphatic carbocycles. The third-order valence-corrected chi connectivity index (χ3v) is 4.42. The number of hydrogen-bond acceptors (Lipinski definition) is 7. The summed E-state index contributed by atoms with van der Waals surface area (Å²) >= 11 is 0. The highest BCUT2D eigenvalue weighted by Gasteiger charge is 2.33. The van der Waals surface area contributed by atoms with E-state index in [4.69, 9.17) is 15.4 Å². The molecule has 1 amide bonds. The van der Waals surface area contributed by atoms with Gasteiger partial charge in [-0.05, 0) is 48.2 Å². The zero-order chi connectivity index (χ0) is 24.6. The standard InChI is InChI=1S/C17H16FNO3.C3H7NO3.C2H2O/c1-9-6-14(20)16(21)15-12(9)8-19(17(15)22)7-11-3-4-13(18)10(2)5-11;1-4(7)2-3(5)6;1-2-3/h3-6,20-21H,7-8H2,1-2H3;7H,2H2,1H3,(H,5,6);1,3H. The minimum absolute atomic E-state index is 0.163. The van der Waals surface area contributed by atoms with E-state index in [2.05, 4.69) is 6.42 Å². The van der Waals surface area contributed by atoms with Gasteiger partial charge < -0.3 is 30.5 Å². The monoisotopic (exact) mass is 448 g/mol. The minimum Gasteiger partial charge on any atom is -0.504 e. The predicted octanol–water partition coefficient (Wildman–Crippen LogP) is 2.35. The SMILES string of the molecule is C#CO.CN(O)CC(=O)O.Cc1cc(CN2Cc3c(C)cc(O)c(O)c3C2=O)ccc1F. The van der Waals surface area contributed by atoms with E-state index >= 15 is 0 Å². The van der Waals surface area contributed by atoms with Crippen LogP contribution in [0.2, 0.25) is 0 Å². The van der Waals surface area contributed by atoms with Crippen molar-refractivity contribution < 1.29 is 39.6 Å². The summed E-state index contributed by atoms with van der Waals surface area (Å²) in [6, 6.07) is 6.18. The molecule has 172 valence electrons. The second-order valence-corrected chi connectivity index (χ2v) is 7.00. The third-order valence-electron chi connectivity index (χ3n) is 4.42. The predicted molar refractivity (Wildman–Crippen MR) is 112 cm³/mol. The molecule has 2 aromatic carbocycles. The van der Waals surface area contributed by atoms with Crippen LogP contribution in [0.5, 0.6) is 11.5 Å². The first kappa shape index (κ1) is 26.2. The van der Waals surface area contributed by atoms with Gasteiger partial charge in [0.15, 0.2) is 11.5 Å². The quantitative estimate of drug-likeness (QED) is 0.273. The van der Waals surface area contributed by atoms with E-state index in [0.717, 1.165) is 16.7 Å². The lowest BCUT2D eigenvalue weighted by Crippen LogP contribution is -2.23. The van der Waals surface area contributed by atoms with Crippen molar-refractivity contribution >= 4 is 11.9 Å². The summed E-state index contributed by atoms with van der Waals surface area (Å²) in [5.74, 6) is -2.30. The van der Waals surface area contributed by atoms with Crippen molar-refractivity contribution in [3.63, 3.8) is 0 Å². The number of likely N-dealkylation sites (N-methyl/N-ethyl adjacent to an activating group) is 1. The van der Waals surface area contributed by atoms with Gasteiger partial charge in [0.25, 0.3) is 5.91 Å². The molecule has 9 nitrogen and oxygen atoms in total. The Kier molecular flexibility index (Phi) is 9.46. The van der Waals surface area contributed by atoms with E-state index in [1.54, 1.807) is 30.9 Å². The van der Waals surface area contributed by atoms with Crippen LogP contribution in [0.3, 0.4) is 0 Å². The number of aliphatic hydroxyl groups is 1. The molecule has 1 aliphatic rings. The smallest absolute Gasteiger partial charge is 0.320 e. The van der Waals surface area contributed by atoms with Crippen molar-refractivity contribution in [1.29, 1.82) is 0 Å². The number of fused-ring (bicyclic) bond motifs is 1. The van der Waals surface area contributed by atoms with E-state index in [9.17, 15) is 24.2 Å². The molecule has 5 N–H and O–H groups in total. The molecule has 0 saturated heterocycles. The van der Waals surface area contributed by atoms with Crippen LogP contribution in [0.25, 0.3) is 0 Å². The van der Waals surface area contributed by atoms with E-state index < -0.39 is 5.97 Å². The van der Waals surface area contributed by atoms with Crippen LogP contribution in [-0.2, 0) is 17.9 Å². The highest BCUT2D eigenvalue weighted by atomic mass is 19.1. The fourth-order valence-corrected chi connectivity index (χ4v) is 3.03. The molecule has 1 aliphatic heterocycles. The third kappa shape index (κ3) is 6.87. The number of aromatic hydroxyl groups is 2. The average molecular weight is 448 g/mol. The van der Waals surface area contributed by atoms with E-state index in [-0.39, 0.29) is 35.3 Å². The van der Waals surface area contributed by atoms with Gasteiger partial charge in [-0.25, -0.2) is 4.39 Å². The number of rotatable bonds is 4. The lowest BCUT2D eigenvalue weighted by Gasteiger charge is -2.16. The number of hydrogen-bond donors (Lipinski definition) is 5. The van der Waals surface area contributed by atoms with Crippen molar-refractivity contribution in [3.05, 3.63) is 57.9 Å². The number of carboxylic acid groups (broad SMARTS) is 1. The first-order valence-corrected chi connectivity index (χ1v) is 9.23.